The Morgan fingerprint density at radius 1 is 0.923 bits per heavy atom. The number of hydrogen-bond donors (Lipinski definition) is 0. The van der Waals surface area contributed by atoms with Crippen molar-refractivity contribution in [1.29, 1.82) is 0 Å². The highest BCUT2D eigenvalue weighted by molar-refractivity contribution is 5.99. The van der Waals surface area contributed by atoms with E-state index in [0.29, 0.717) is 0 Å². The maximum atomic E-state index is 4.72. The molecule has 2 aromatic heterocycles. The molecular weight excluding hydrogens is 320 g/mol. The summed E-state index contributed by atoms with van der Waals surface area (Å²) in [5.74, 6) is 0. The highest BCUT2D eigenvalue weighted by atomic mass is 15.0. The molecule has 4 heteroatoms. The molecule has 0 aliphatic rings. The Balaban J connectivity index is 2.08. The van der Waals surface area contributed by atoms with Crippen LogP contribution in [0.2, 0.25) is 0 Å². The second-order valence-corrected chi connectivity index (χ2v) is 6.75. The molecule has 2 heterocycles. The average Bonchev–Trinajstić information content (AvgIpc) is 2.65. The summed E-state index contributed by atoms with van der Waals surface area (Å²) in [4.78, 5) is 13.2. The minimum atomic E-state index is 0.884. The number of hydrogen-bond acceptors (Lipinski definition) is 3. The molecule has 26 heavy (non-hydrogen) atoms. The van der Waals surface area contributed by atoms with Crippen LogP contribution in [0.4, 0.5) is 0 Å². The predicted molar refractivity (Wildman–Crippen MR) is 104 cm³/mol. The lowest BCUT2D eigenvalue weighted by atomic mass is 9.94. The van der Waals surface area contributed by atoms with Gasteiger partial charge in [0.25, 0.3) is 6.33 Å². The van der Waals surface area contributed by atoms with Crippen LogP contribution >= 0.6 is 0 Å². The summed E-state index contributed by atoms with van der Waals surface area (Å²) in [6, 6.07) is 12.7. The fraction of sp³-hybridized carbons (Fsp3) is 0.182. The molecule has 0 N–H and O–H groups in total. The third-order valence-corrected chi connectivity index (χ3v) is 4.93. The summed E-state index contributed by atoms with van der Waals surface area (Å²) in [5.41, 5.74) is 9.15. The molecule has 4 rings (SSSR count). The van der Waals surface area contributed by atoms with Crippen LogP contribution in [-0.4, -0.2) is 15.0 Å². The van der Waals surface area contributed by atoms with E-state index in [9.17, 15) is 0 Å². The van der Waals surface area contributed by atoms with Gasteiger partial charge in [-0.25, -0.2) is 14.5 Å². The van der Waals surface area contributed by atoms with Gasteiger partial charge in [0.2, 0.25) is 0 Å². The first-order chi connectivity index (χ1) is 12.6. The van der Waals surface area contributed by atoms with Gasteiger partial charge in [0.15, 0.2) is 5.52 Å². The van der Waals surface area contributed by atoms with E-state index in [1.54, 1.807) is 12.5 Å². The summed E-state index contributed by atoms with van der Waals surface area (Å²) in [5, 5.41) is 1.12. The SMILES string of the molecule is Cc1cc(C)c(C)c(-c2c3cccc(-c4ccncn4)c3nc[n+]2C)c1. The topological polar surface area (TPSA) is 42.6 Å². The zero-order chi connectivity index (χ0) is 18.3. The second kappa shape index (κ2) is 6.30. The number of aromatic nitrogens is 4. The lowest BCUT2D eigenvalue weighted by Gasteiger charge is -2.13. The fourth-order valence-corrected chi connectivity index (χ4v) is 3.54. The monoisotopic (exact) mass is 341 g/mol. The first kappa shape index (κ1) is 16.3. The third-order valence-electron chi connectivity index (χ3n) is 4.93. The van der Waals surface area contributed by atoms with E-state index < -0.39 is 0 Å². The maximum absolute atomic E-state index is 4.72. The quantitative estimate of drug-likeness (QED) is 0.515. The van der Waals surface area contributed by atoms with Crippen LogP contribution in [0, 0.1) is 20.8 Å². The van der Waals surface area contributed by atoms with Gasteiger partial charge in [0.05, 0.1) is 23.7 Å². The van der Waals surface area contributed by atoms with Gasteiger partial charge in [0.1, 0.15) is 12.0 Å². The first-order valence-electron chi connectivity index (χ1n) is 8.68. The number of nitrogens with zero attached hydrogens (tertiary/aromatic N) is 4. The van der Waals surface area contributed by atoms with Crippen LogP contribution in [0.15, 0.2) is 55.2 Å². The molecular formula is C22H21N4+. The molecule has 0 unspecified atom stereocenters. The zero-order valence-electron chi connectivity index (χ0n) is 15.5. The van der Waals surface area contributed by atoms with E-state index in [-0.39, 0.29) is 0 Å². The fourth-order valence-electron chi connectivity index (χ4n) is 3.54. The normalized spacial score (nSPS) is 11.1. The molecule has 0 fully saturated rings. The summed E-state index contributed by atoms with van der Waals surface area (Å²) in [6.07, 6.45) is 5.23. The van der Waals surface area contributed by atoms with Gasteiger partial charge >= 0.3 is 0 Å². The van der Waals surface area contributed by atoms with Gasteiger partial charge in [-0.2, -0.15) is 0 Å². The predicted octanol–water partition coefficient (Wildman–Crippen LogP) is 4.11. The van der Waals surface area contributed by atoms with Crippen LogP contribution in [0.3, 0.4) is 0 Å². The van der Waals surface area contributed by atoms with Crippen molar-refractivity contribution in [3.8, 4) is 22.5 Å². The number of para-hydroxylation sites is 1. The van der Waals surface area contributed by atoms with Crippen molar-refractivity contribution in [2.24, 2.45) is 7.05 Å². The molecule has 0 aliphatic heterocycles. The van der Waals surface area contributed by atoms with Gasteiger partial charge < -0.3 is 0 Å². The highest BCUT2D eigenvalue weighted by Crippen LogP contribution is 2.33. The van der Waals surface area contributed by atoms with E-state index >= 15 is 0 Å². The van der Waals surface area contributed by atoms with Gasteiger partial charge in [-0.3, -0.25) is 0 Å². The third kappa shape index (κ3) is 2.64. The highest BCUT2D eigenvalue weighted by Gasteiger charge is 2.20. The number of fused-ring (bicyclic) bond motifs is 1. The molecule has 0 radical (unpaired) electrons. The maximum Gasteiger partial charge on any atom is 0.287 e. The molecule has 0 bridgehead atoms. The molecule has 0 amide bonds. The van der Waals surface area contributed by atoms with Gasteiger partial charge in [0, 0.05) is 11.8 Å². The van der Waals surface area contributed by atoms with E-state index in [4.69, 9.17) is 4.98 Å². The smallest absolute Gasteiger partial charge is 0.245 e. The van der Waals surface area contributed by atoms with Crippen molar-refractivity contribution in [2.45, 2.75) is 20.8 Å². The summed E-state index contributed by atoms with van der Waals surface area (Å²) in [7, 11) is 2.05. The molecule has 0 spiro atoms. The first-order valence-corrected chi connectivity index (χ1v) is 8.68. The minimum Gasteiger partial charge on any atom is -0.245 e. The van der Waals surface area contributed by atoms with Crippen LogP contribution in [0.5, 0.6) is 0 Å². The van der Waals surface area contributed by atoms with Crippen molar-refractivity contribution >= 4 is 10.9 Å². The second-order valence-electron chi connectivity index (χ2n) is 6.75. The summed E-state index contributed by atoms with van der Waals surface area (Å²) < 4.78 is 2.10. The summed E-state index contributed by atoms with van der Waals surface area (Å²) >= 11 is 0. The molecule has 2 aromatic carbocycles. The Morgan fingerprint density at radius 2 is 1.77 bits per heavy atom. The number of rotatable bonds is 2. The molecule has 0 saturated heterocycles. The Labute approximate surface area is 153 Å². The summed E-state index contributed by atoms with van der Waals surface area (Å²) in [6.45, 7) is 6.50. The van der Waals surface area contributed by atoms with Crippen LogP contribution in [-0.2, 0) is 7.05 Å². The minimum absolute atomic E-state index is 0.884. The average molecular weight is 341 g/mol. The van der Waals surface area contributed by atoms with E-state index in [1.807, 2.05) is 12.4 Å². The molecule has 128 valence electrons. The van der Waals surface area contributed by atoms with Crippen LogP contribution < -0.4 is 4.57 Å². The van der Waals surface area contributed by atoms with Crippen LogP contribution in [0.1, 0.15) is 16.7 Å². The number of benzene rings is 2. The lowest BCUT2D eigenvalue weighted by Crippen LogP contribution is -2.32. The van der Waals surface area contributed by atoms with E-state index in [0.717, 1.165) is 22.2 Å². The molecule has 0 atom stereocenters. The zero-order valence-corrected chi connectivity index (χ0v) is 15.5. The standard InChI is InChI=1S/C22H21N4/c1-14-10-15(2)16(3)19(11-14)22-18-7-5-6-17(20-8-9-23-12-24-20)21(18)25-13-26(22)4/h5-13H,1-4H3/q+1. The van der Waals surface area contributed by atoms with Gasteiger partial charge in [-0.05, 0) is 61.1 Å². The van der Waals surface area contributed by atoms with E-state index in [2.05, 4.69) is 72.7 Å². The van der Waals surface area contributed by atoms with Gasteiger partial charge in [-0.1, -0.05) is 17.7 Å². The Hall–Kier alpha value is -3.14. The molecule has 0 aliphatic carbocycles. The largest absolute Gasteiger partial charge is 0.287 e. The molecule has 4 aromatic rings. The number of aryl methyl sites for hydroxylation is 3. The Bertz CT molecular complexity index is 1120. The Kier molecular flexibility index (Phi) is 3.96. The molecule has 0 saturated carbocycles. The van der Waals surface area contributed by atoms with Crippen molar-refractivity contribution in [3.63, 3.8) is 0 Å². The van der Waals surface area contributed by atoms with Crippen molar-refractivity contribution < 1.29 is 4.57 Å². The van der Waals surface area contributed by atoms with Gasteiger partial charge in [-0.15, -0.1) is 0 Å². The van der Waals surface area contributed by atoms with E-state index in [1.165, 1.54) is 27.9 Å². The van der Waals surface area contributed by atoms with Crippen molar-refractivity contribution in [2.75, 3.05) is 0 Å². The lowest BCUT2D eigenvalue weighted by molar-refractivity contribution is -0.662. The Morgan fingerprint density at radius 3 is 2.54 bits per heavy atom. The van der Waals surface area contributed by atoms with Crippen LogP contribution in [0.25, 0.3) is 33.4 Å². The molecule has 4 nitrogen and oxygen atoms in total. The van der Waals surface area contributed by atoms with Crippen molar-refractivity contribution in [1.82, 2.24) is 15.0 Å². The van der Waals surface area contributed by atoms with Crippen molar-refractivity contribution in [3.05, 3.63) is 71.9 Å².